The van der Waals surface area contributed by atoms with Crippen LogP contribution in [0, 0.1) is 12.8 Å². The second-order valence-corrected chi connectivity index (χ2v) is 7.44. The molecule has 33 heavy (non-hydrogen) atoms. The van der Waals surface area contributed by atoms with Crippen LogP contribution in [0.4, 0.5) is 5.69 Å². The van der Waals surface area contributed by atoms with E-state index in [2.05, 4.69) is 10.7 Å². The SMILES string of the molecule is COc1ccc(NC(=O)COC(=O)[C@@H]2CC(=O)N(NC(=O)c3cccc(C)c3)C2)c(OC)c1. The smallest absolute Gasteiger partial charge is 0.311 e. The molecule has 1 saturated heterocycles. The molecule has 0 aromatic heterocycles. The van der Waals surface area contributed by atoms with Gasteiger partial charge in [-0.1, -0.05) is 17.7 Å². The van der Waals surface area contributed by atoms with E-state index >= 15 is 0 Å². The Morgan fingerprint density at radius 3 is 2.58 bits per heavy atom. The van der Waals surface area contributed by atoms with Gasteiger partial charge in [0.15, 0.2) is 6.61 Å². The third-order valence-electron chi connectivity index (χ3n) is 5.00. The van der Waals surface area contributed by atoms with Crippen LogP contribution in [-0.4, -0.2) is 56.1 Å². The molecule has 0 unspecified atom stereocenters. The van der Waals surface area contributed by atoms with E-state index in [9.17, 15) is 19.2 Å². The third kappa shape index (κ3) is 6.00. The summed E-state index contributed by atoms with van der Waals surface area (Å²) >= 11 is 0. The number of hydrogen-bond donors (Lipinski definition) is 2. The van der Waals surface area contributed by atoms with Crippen LogP contribution < -0.4 is 20.2 Å². The number of anilines is 1. The average molecular weight is 455 g/mol. The molecule has 174 valence electrons. The van der Waals surface area contributed by atoms with Gasteiger partial charge in [-0.25, -0.2) is 0 Å². The molecule has 1 aliphatic rings. The minimum absolute atomic E-state index is 0.0385. The van der Waals surface area contributed by atoms with Gasteiger partial charge in [-0.05, 0) is 31.2 Å². The zero-order valence-electron chi connectivity index (χ0n) is 18.5. The first-order chi connectivity index (χ1) is 15.8. The quantitative estimate of drug-likeness (QED) is 0.581. The van der Waals surface area contributed by atoms with Crippen molar-refractivity contribution in [1.29, 1.82) is 0 Å². The first-order valence-electron chi connectivity index (χ1n) is 10.2. The lowest BCUT2D eigenvalue weighted by atomic mass is 10.1. The molecule has 0 aliphatic carbocycles. The highest BCUT2D eigenvalue weighted by atomic mass is 16.5. The normalized spacial score (nSPS) is 15.1. The van der Waals surface area contributed by atoms with E-state index in [1.807, 2.05) is 13.0 Å². The van der Waals surface area contributed by atoms with E-state index in [4.69, 9.17) is 14.2 Å². The molecule has 2 aromatic rings. The number of rotatable bonds is 8. The van der Waals surface area contributed by atoms with Crippen molar-refractivity contribution in [3.8, 4) is 11.5 Å². The molecule has 3 amide bonds. The molecular formula is C23H25N3O7. The van der Waals surface area contributed by atoms with Gasteiger partial charge >= 0.3 is 5.97 Å². The zero-order valence-corrected chi connectivity index (χ0v) is 18.5. The van der Waals surface area contributed by atoms with Crippen LogP contribution in [0.3, 0.4) is 0 Å². The number of nitrogens with one attached hydrogen (secondary N) is 2. The van der Waals surface area contributed by atoms with Gasteiger partial charge in [0.05, 0.1) is 32.4 Å². The number of benzene rings is 2. The molecule has 0 spiro atoms. The molecular weight excluding hydrogens is 430 g/mol. The summed E-state index contributed by atoms with van der Waals surface area (Å²) in [6.45, 7) is 1.28. The van der Waals surface area contributed by atoms with Gasteiger partial charge in [0.1, 0.15) is 11.5 Å². The monoisotopic (exact) mass is 455 g/mol. The maximum Gasteiger partial charge on any atom is 0.311 e. The predicted molar refractivity (Wildman–Crippen MR) is 118 cm³/mol. The fraction of sp³-hybridized carbons (Fsp3) is 0.304. The van der Waals surface area contributed by atoms with E-state index in [0.717, 1.165) is 10.6 Å². The molecule has 10 heteroatoms. The van der Waals surface area contributed by atoms with Crippen LogP contribution in [0.5, 0.6) is 11.5 Å². The van der Waals surface area contributed by atoms with Gasteiger partial charge in [-0.15, -0.1) is 0 Å². The molecule has 0 radical (unpaired) electrons. The molecule has 2 aromatic carbocycles. The number of esters is 1. The lowest BCUT2D eigenvalue weighted by Crippen LogP contribution is -2.43. The van der Waals surface area contributed by atoms with Crippen LogP contribution in [0.2, 0.25) is 0 Å². The van der Waals surface area contributed by atoms with E-state index in [1.54, 1.807) is 36.4 Å². The minimum atomic E-state index is -0.793. The summed E-state index contributed by atoms with van der Waals surface area (Å²) in [6, 6.07) is 11.8. The zero-order chi connectivity index (χ0) is 24.0. The highest BCUT2D eigenvalue weighted by Gasteiger charge is 2.36. The van der Waals surface area contributed by atoms with Crippen molar-refractivity contribution < 1.29 is 33.4 Å². The van der Waals surface area contributed by atoms with Crippen molar-refractivity contribution in [1.82, 2.24) is 10.4 Å². The van der Waals surface area contributed by atoms with Crippen LogP contribution in [0.25, 0.3) is 0 Å². The summed E-state index contributed by atoms with van der Waals surface area (Å²) in [4.78, 5) is 49.2. The first kappa shape index (κ1) is 23.6. The topological polar surface area (TPSA) is 123 Å². The maximum atomic E-state index is 12.4. The minimum Gasteiger partial charge on any atom is -0.497 e. The number of carbonyl (C=O) groups is 4. The molecule has 3 rings (SSSR count). The summed E-state index contributed by atoms with van der Waals surface area (Å²) in [7, 11) is 2.96. The van der Waals surface area contributed by atoms with Gasteiger partial charge in [0.25, 0.3) is 11.8 Å². The Morgan fingerprint density at radius 2 is 1.88 bits per heavy atom. The predicted octanol–water partition coefficient (Wildman–Crippen LogP) is 1.69. The Labute approximate surface area is 190 Å². The Hall–Kier alpha value is -4.08. The highest BCUT2D eigenvalue weighted by molar-refractivity contribution is 5.97. The summed E-state index contributed by atoms with van der Waals surface area (Å²) in [5.41, 5.74) is 4.21. The summed E-state index contributed by atoms with van der Waals surface area (Å²) in [6.07, 6.45) is -0.124. The summed E-state index contributed by atoms with van der Waals surface area (Å²) < 4.78 is 15.4. The number of carbonyl (C=O) groups excluding carboxylic acids is 4. The molecule has 1 heterocycles. The lowest BCUT2D eigenvalue weighted by Gasteiger charge is -2.17. The number of aryl methyl sites for hydroxylation is 1. The van der Waals surface area contributed by atoms with Crippen molar-refractivity contribution in [2.75, 3.05) is 32.7 Å². The van der Waals surface area contributed by atoms with Gasteiger partial charge < -0.3 is 19.5 Å². The van der Waals surface area contributed by atoms with Crippen molar-refractivity contribution in [2.24, 2.45) is 5.92 Å². The Balaban J connectivity index is 1.50. The lowest BCUT2D eigenvalue weighted by molar-refractivity contribution is -0.151. The number of amides is 3. The van der Waals surface area contributed by atoms with Gasteiger partial charge in [-0.3, -0.25) is 29.6 Å². The molecule has 1 atom stereocenters. The van der Waals surface area contributed by atoms with Gasteiger partial charge in [0, 0.05) is 18.1 Å². The van der Waals surface area contributed by atoms with E-state index in [-0.39, 0.29) is 13.0 Å². The van der Waals surface area contributed by atoms with Crippen molar-refractivity contribution >= 4 is 29.4 Å². The molecule has 0 saturated carbocycles. The fourth-order valence-corrected chi connectivity index (χ4v) is 3.29. The van der Waals surface area contributed by atoms with Crippen LogP contribution in [0.15, 0.2) is 42.5 Å². The number of ether oxygens (including phenoxy) is 3. The number of nitrogens with zero attached hydrogens (tertiary/aromatic N) is 1. The van der Waals surface area contributed by atoms with Crippen molar-refractivity contribution in [3.05, 3.63) is 53.6 Å². The Bertz CT molecular complexity index is 1070. The maximum absolute atomic E-state index is 12.4. The highest BCUT2D eigenvalue weighted by Crippen LogP contribution is 2.29. The molecule has 2 N–H and O–H groups in total. The number of hydrogen-bond acceptors (Lipinski definition) is 7. The number of methoxy groups -OCH3 is 2. The summed E-state index contributed by atoms with van der Waals surface area (Å²) in [5, 5.41) is 3.69. The van der Waals surface area contributed by atoms with E-state index in [0.29, 0.717) is 22.7 Å². The third-order valence-corrected chi connectivity index (χ3v) is 5.00. The van der Waals surface area contributed by atoms with Crippen molar-refractivity contribution in [3.63, 3.8) is 0 Å². The van der Waals surface area contributed by atoms with Crippen molar-refractivity contribution in [2.45, 2.75) is 13.3 Å². The second-order valence-electron chi connectivity index (χ2n) is 7.44. The van der Waals surface area contributed by atoms with Crippen LogP contribution in [-0.2, 0) is 19.1 Å². The molecule has 1 aliphatic heterocycles. The fourth-order valence-electron chi connectivity index (χ4n) is 3.29. The molecule has 10 nitrogen and oxygen atoms in total. The van der Waals surface area contributed by atoms with Gasteiger partial charge in [0.2, 0.25) is 5.91 Å². The first-order valence-corrected chi connectivity index (χ1v) is 10.2. The van der Waals surface area contributed by atoms with E-state index in [1.165, 1.54) is 14.2 Å². The Kier molecular flexibility index (Phi) is 7.50. The van der Waals surface area contributed by atoms with Crippen LogP contribution in [0.1, 0.15) is 22.3 Å². The second kappa shape index (κ2) is 10.5. The standard InChI is InChI=1S/C23H25N3O7/c1-14-5-4-6-15(9-14)22(29)25-26-12-16(10-21(26)28)23(30)33-13-20(27)24-18-8-7-17(31-2)11-19(18)32-3/h4-9,11,16H,10,12-13H2,1-3H3,(H,24,27)(H,25,29)/t16-/m1/s1. The Morgan fingerprint density at radius 1 is 1.09 bits per heavy atom. The van der Waals surface area contributed by atoms with Crippen LogP contribution >= 0.6 is 0 Å². The summed E-state index contributed by atoms with van der Waals surface area (Å²) in [5.74, 6) is -1.98. The molecule has 0 bridgehead atoms. The average Bonchev–Trinajstić information content (AvgIpc) is 3.17. The number of hydrazine groups is 1. The molecule has 1 fully saturated rings. The van der Waals surface area contributed by atoms with Gasteiger partial charge in [-0.2, -0.15) is 0 Å². The largest absolute Gasteiger partial charge is 0.497 e. The van der Waals surface area contributed by atoms with E-state index < -0.39 is 36.2 Å².